The van der Waals surface area contributed by atoms with Gasteiger partial charge in [-0.15, -0.1) is 0 Å². The summed E-state index contributed by atoms with van der Waals surface area (Å²) in [4.78, 5) is 20.4. The van der Waals surface area contributed by atoms with E-state index in [9.17, 15) is 4.79 Å². The third kappa shape index (κ3) is 3.44. The van der Waals surface area contributed by atoms with Crippen LogP contribution >= 0.6 is 11.6 Å². The minimum absolute atomic E-state index is 0.233. The zero-order valence-corrected chi connectivity index (χ0v) is 15.8. The van der Waals surface area contributed by atoms with Gasteiger partial charge in [0.1, 0.15) is 5.82 Å². The molecule has 0 aliphatic heterocycles. The van der Waals surface area contributed by atoms with Crippen LogP contribution in [0.25, 0.3) is 22.4 Å². The Balaban J connectivity index is 1.57. The first-order valence-electron chi connectivity index (χ1n) is 8.64. The molecule has 0 atom stereocenters. The summed E-state index contributed by atoms with van der Waals surface area (Å²) in [5.41, 5.74) is 6.52. The van der Waals surface area contributed by atoms with Gasteiger partial charge in [-0.1, -0.05) is 23.7 Å². The monoisotopic (exact) mass is 375 g/mol. The number of hydrogen-bond donors (Lipinski definition) is 2. The van der Waals surface area contributed by atoms with Crippen molar-refractivity contribution in [3.63, 3.8) is 0 Å². The number of carbonyl (C=O) groups excluding carboxylic acids is 1. The number of nitrogens with zero attached hydrogens (tertiary/aromatic N) is 1. The Morgan fingerprint density at radius 3 is 2.44 bits per heavy atom. The normalized spacial score (nSPS) is 10.9. The van der Waals surface area contributed by atoms with E-state index in [1.807, 2.05) is 24.3 Å². The maximum absolute atomic E-state index is 12.4. The Labute approximate surface area is 162 Å². The van der Waals surface area contributed by atoms with Gasteiger partial charge in [-0.2, -0.15) is 0 Å². The molecule has 2 N–H and O–H groups in total. The number of aromatic amines is 1. The SMILES string of the molecule is Cc1cc2nc(-c3ccc(NC(=O)c4ccccc4Cl)cc3)[nH]c2cc1C. The number of aryl methyl sites for hydroxylation is 2. The highest BCUT2D eigenvalue weighted by Crippen LogP contribution is 2.24. The molecule has 1 amide bonds. The molecule has 0 radical (unpaired) electrons. The first-order chi connectivity index (χ1) is 13.0. The van der Waals surface area contributed by atoms with Gasteiger partial charge in [-0.05, 0) is 73.5 Å². The topological polar surface area (TPSA) is 57.8 Å². The number of fused-ring (bicyclic) bond motifs is 1. The Morgan fingerprint density at radius 1 is 1.00 bits per heavy atom. The van der Waals surface area contributed by atoms with Crippen molar-refractivity contribution in [2.75, 3.05) is 5.32 Å². The van der Waals surface area contributed by atoms with Crippen molar-refractivity contribution < 1.29 is 4.79 Å². The largest absolute Gasteiger partial charge is 0.338 e. The van der Waals surface area contributed by atoms with Crippen LogP contribution in [0.2, 0.25) is 5.02 Å². The van der Waals surface area contributed by atoms with Crippen molar-refractivity contribution in [2.45, 2.75) is 13.8 Å². The maximum Gasteiger partial charge on any atom is 0.257 e. The molecule has 1 aromatic heterocycles. The molecule has 0 fully saturated rings. The number of amides is 1. The zero-order valence-electron chi connectivity index (χ0n) is 15.0. The van der Waals surface area contributed by atoms with Crippen molar-refractivity contribution in [2.24, 2.45) is 0 Å². The van der Waals surface area contributed by atoms with Gasteiger partial charge < -0.3 is 10.3 Å². The fourth-order valence-corrected chi connectivity index (χ4v) is 3.18. The van der Waals surface area contributed by atoms with E-state index in [-0.39, 0.29) is 5.91 Å². The van der Waals surface area contributed by atoms with Gasteiger partial charge >= 0.3 is 0 Å². The molecule has 0 spiro atoms. The van der Waals surface area contributed by atoms with Gasteiger partial charge in [0, 0.05) is 11.3 Å². The summed E-state index contributed by atoms with van der Waals surface area (Å²) in [5, 5.41) is 3.30. The summed E-state index contributed by atoms with van der Waals surface area (Å²) >= 11 is 6.08. The number of aromatic nitrogens is 2. The number of nitrogens with one attached hydrogen (secondary N) is 2. The summed E-state index contributed by atoms with van der Waals surface area (Å²) in [6, 6.07) is 18.7. The number of benzene rings is 3. The fraction of sp³-hybridized carbons (Fsp3) is 0.0909. The average Bonchev–Trinajstić information content (AvgIpc) is 3.05. The lowest BCUT2D eigenvalue weighted by Gasteiger charge is -2.07. The number of rotatable bonds is 3. The highest BCUT2D eigenvalue weighted by Gasteiger charge is 2.11. The summed E-state index contributed by atoms with van der Waals surface area (Å²) < 4.78 is 0. The highest BCUT2D eigenvalue weighted by atomic mass is 35.5. The summed E-state index contributed by atoms with van der Waals surface area (Å²) in [5.74, 6) is 0.571. The number of halogens is 1. The Morgan fingerprint density at radius 2 is 1.70 bits per heavy atom. The van der Waals surface area contributed by atoms with E-state index in [4.69, 9.17) is 11.6 Å². The Hall–Kier alpha value is -3.11. The lowest BCUT2D eigenvalue weighted by Crippen LogP contribution is -2.12. The van der Waals surface area contributed by atoms with E-state index in [2.05, 4.69) is 41.3 Å². The third-order valence-electron chi connectivity index (χ3n) is 4.63. The lowest BCUT2D eigenvalue weighted by molar-refractivity contribution is 0.102. The molecule has 27 heavy (non-hydrogen) atoms. The maximum atomic E-state index is 12.4. The van der Waals surface area contributed by atoms with E-state index >= 15 is 0 Å². The molecule has 5 heteroatoms. The number of hydrogen-bond acceptors (Lipinski definition) is 2. The third-order valence-corrected chi connectivity index (χ3v) is 4.96. The van der Waals surface area contributed by atoms with Crippen LogP contribution in [0.3, 0.4) is 0 Å². The quantitative estimate of drug-likeness (QED) is 0.478. The molecule has 134 valence electrons. The summed E-state index contributed by atoms with van der Waals surface area (Å²) in [7, 11) is 0. The second kappa shape index (κ2) is 6.89. The van der Waals surface area contributed by atoms with Crippen molar-refractivity contribution in [3.05, 3.63) is 82.4 Å². The molecule has 3 aromatic carbocycles. The predicted molar refractivity (Wildman–Crippen MR) is 110 cm³/mol. The standard InChI is InChI=1S/C22H18ClN3O/c1-13-11-19-20(12-14(13)2)26-21(25-19)15-7-9-16(10-8-15)24-22(27)17-5-3-4-6-18(17)23/h3-12H,1-2H3,(H,24,27)(H,25,26). The number of H-pyrrole nitrogens is 1. The fourth-order valence-electron chi connectivity index (χ4n) is 2.96. The smallest absolute Gasteiger partial charge is 0.257 e. The second-order valence-corrected chi connectivity index (χ2v) is 6.96. The van der Waals surface area contributed by atoms with Gasteiger partial charge in [0.05, 0.1) is 21.6 Å². The second-order valence-electron chi connectivity index (χ2n) is 6.55. The molecule has 0 saturated carbocycles. The minimum atomic E-state index is -0.233. The molecule has 4 nitrogen and oxygen atoms in total. The Bertz CT molecular complexity index is 1110. The minimum Gasteiger partial charge on any atom is -0.338 e. The van der Waals surface area contributed by atoms with Crippen LogP contribution in [-0.2, 0) is 0 Å². The number of anilines is 1. The molecule has 0 bridgehead atoms. The molecule has 4 aromatic rings. The van der Waals surface area contributed by atoms with Gasteiger partial charge in [-0.25, -0.2) is 4.98 Å². The average molecular weight is 376 g/mol. The van der Waals surface area contributed by atoms with Gasteiger partial charge in [-0.3, -0.25) is 4.79 Å². The van der Waals surface area contributed by atoms with Crippen LogP contribution in [0.15, 0.2) is 60.7 Å². The molecule has 0 aliphatic carbocycles. The van der Waals surface area contributed by atoms with Crippen molar-refractivity contribution >= 4 is 34.2 Å². The van der Waals surface area contributed by atoms with Crippen LogP contribution in [0, 0.1) is 13.8 Å². The van der Waals surface area contributed by atoms with Crippen LogP contribution < -0.4 is 5.32 Å². The summed E-state index contributed by atoms with van der Waals surface area (Å²) in [6.07, 6.45) is 0. The van der Waals surface area contributed by atoms with E-state index in [0.29, 0.717) is 16.3 Å². The molecule has 4 rings (SSSR count). The van der Waals surface area contributed by atoms with Crippen LogP contribution in [0.4, 0.5) is 5.69 Å². The van der Waals surface area contributed by atoms with Crippen LogP contribution in [-0.4, -0.2) is 15.9 Å². The zero-order chi connectivity index (χ0) is 19.0. The summed E-state index contributed by atoms with van der Waals surface area (Å²) in [6.45, 7) is 4.17. The molecule has 1 heterocycles. The number of carbonyl (C=O) groups is 1. The Kier molecular flexibility index (Phi) is 4.42. The lowest BCUT2D eigenvalue weighted by atomic mass is 10.1. The van der Waals surface area contributed by atoms with Crippen molar-refractivity contribution in [1.82, 2.24) is 9.97 Å². The van der Waals surface area contributed by atoms with Crippen molar-refractivity contribution in [1.29, 1.82) is 0 Å². The highest BCUT2D eigenvalue weighted by molar-refractivity contribution is 6.34. The van der Waals surface area contributed by atoms with E-state index in [1.165, 1.54) is 11.1 Å². The molecule has 0 unspecified atom stereocenters. The number of imidazole rings is 1. The van der Waals surface area contributed by atoms with Gasteiger partial charge in [0.15, 0.2) is 0 Å². The molecular weight excluding hydrogens is 358 g/mol. The van der Waals surface area contributed by atoms with Crippen LogP contribution in [0.5, 0.6) is 0 Å². The van der Waals surface area contributed by atoms with Gasteiger partial charge in [0.2, 0.25) is 0 Å². The van der Waals surface area contributed by atoms with Crippen molar-refractivity contribution in [3.8, 4) is 11.4 Å². The van der Waals surface area contributed by atoms with E-state index in [0.717, 1.165) is 22.4 Å². The first kappa shape index (κ1) is 17.3. The van der Waals surface area contributed by atoms with Crippen LogP contribution in [0.1, 0.15) is 21.5 Å². The van der Waals surface area contributed by atoms with E-state index < -0.39 is 0 Å². The first-order valence-corrected chi connectivity index (χ1v) is 9.02. The predicted octanol–water partition coefficient (Wildman–Crippen LogP) is 5.75. The molecule has 0 saturated heterocycles. The molecular formula is C22H18ClN3O. The van der Waals surface area contributed by atoms with E-state index in [1.54, 1.807) is 24.3 Å². The molecule has 0 aliphatic rings. The van der Waals surface area contributed by atoms with Gasteiger partial charge in [0.25, 0.3) is 5.91 Å².